The van der Waals surface area contributed by atoms with Gasteiger partial charge in [0.15, 0.2) is 0 Å². The molecule has 3 heterocycles. The zero-order chi connectivity index (χ0) is 28.7. The first-order chi connectivity index (χ1) is 18.9. The number of hydrogen-bond donors (Lipinski definition) is 5. The normalized spacial score (nSPS) is 18.3. The van der Waals surface area contributed by atoms with Crippen LogP contribution in [0.2, 0.25) is 10.0 Å². The Morgan fingerprint density at radius 3 is 2.72 bits per heavy atom. The van der Waals surface area contributed by atoms with Crippen molar-refractivity contribution in [2.24, 2.45) is 5.41 Å². The molecule has 2 aliphatic heterocycles. The van der Waals surface area contributed by atoms with Gasteiger partial charge < -0.3 is 25.9 Å². The molecule has 2 aliphatic rings. The number of β-amino-alcohol motifs (C(OH)–C–C–N with tert-alkyl or cyclic N) is 1. The topological polar surface area (TPSA) is 118 Å². The van der Waals surface area contributed by atoms with Crippen LogP contribution in [0.25, 0.3) is 10.9 Å². The van der Waals surface area contributed by atoms with E-state index in [0.717, 1.165) is 0 Å². The molecule has 1 fully saturated rings. The van der Waals surface area contributed by atoms with E-state index < -0.39 is 11.6 Å². The number of hydrogen-bond acceptors (Lipinski definition) is 9. The summed E-state index contributed by atoms with van der Waals surface area (Å²) in [6, 6.07) is 11.3. The molecule has 0 bridgehead atoms. The monoisotopic (exact) mass is 568 g/mol. The van der Waals surface area contributed by atoms with E-state index in [9.17, 15) is 11.7 Å². The molecule has 1 aromatic heterocycles. The summed E-state index contributed by atoms with van der Waals surface area (Å²) in [4.78, 5) is 4.44. The molecule has 9 nitrogen and oxygen atoms in total. The molecule has 3 aromatic rings. The number of rotatable bonds is 8. The van der Waals surface area contributed by atoms with Gasteiger partial charge in [-0.25, -0.2) is 0 Å². The van der Waals surface area contributed by atoms with Gasteiger partial charge in [-0.05, 0) is 29.2 Å². The molecule has 11 heteroatoms. The van der Waals surface area contributed by atoms with Crippen LogP contribution in [0.4, 0.5) is 11.4 Å². The summed E-state index contributed by atoms with van der Waals surface area (Å²) in [6.45, 7) is 7.66. The van der Waals surface area contributed by atoms with Crippen molar-refractivity contribution in [1.82, 2.24) is 21.0 Å². The van der Waals surface area contributed by atoms with Gasteiger partial charge in [0.25, 0.3) is 0 Å². The maximum Gasteiger partial charge on any atom is 0.130 e. The minimum Gasteiger partial charge on any atom is -0.383 e. The van der Waals surface area contributed by atoms with Crippen molar-refractivity contribution >= 4 is 45.5 Å². The van der Waals surface area contributed by atoms with E-state index in [1.807, 2.05) is 12.1 Å². The van der Waals surface area contributed by atoms with Crippen molar-refractivity contribution in [2.45, 2.75) is 32.4 Å². The number of halogens is 2. The van der Waals surface area contributed by atoms with Crippen molar-refractivity contribution < 1.29 is 11.2 Å². The summed E-state index contributed by atoms with van der Waals surface area (Å²) in [5.74, 6) is 0. The number of pyridine rings is 1. The number of anilines is 2. The Morgan fingerprint density at radius 2 is 2.05 bits per heavy atom. The van der Waals surface area contributed by atoms with Gasteiger partial charge in [-0.1, -0.05) is 62.2 Å². The van der Waals surface area contributed by atoms with Crippen LogP contribution >= 0.6 is 23.2 Å². The van der Waals surface area contributed by atoms with E-state index in [1.54, 1.807) is 35.5 Å². The van der Waals surface area contributed by atoms with Crippen molar-refractivity contribution in [3.63, 3.8) is 0 Å². The number of ether oxygens (including phenoxy) is 1. The van der Waals surface area contributed by atoms with Crippen LogP contribution in [0.5, 0.6) is 0 Å². The third-order valence-corrected chi connectivity index (χ3v) is 6.97. The third-order valence-electron chi connectivity index (χ3n) is 6.35. The average molecular weight is 570 g/mol. The molecule has 204 valence electrons. The van der Waals surface area contributed by atoms with Gasteiger partial charge in [0, 0.05) is 35.0 Å². The molecule has 0 amide bonds. The Bertz CT molecular complexity index is 1520. The first-order valence-electron chi connectivity index (χ1n) is 13.0. The third kappa shape index (κ3) is 6.01. The zero-order valence-corrected chi connectivity index (χ0v) is 23.4. The second-order valence-corrected chi connectivity index (χ2v) is 11.8. The highest BCUT2D eigenvalue weighted by molar-refractivity contribution is 6.36. The van der Waals surface area contributed by atoms with Gasteiger partial charge in [-0.15, -0.1) is 5.53 Å². The van der Waals surface area contributed by atoms with Gasteiger partial charge in [0.05, 0.1) is 54.6 Å². The first-order valence-corrected chi connectivity index (χ1v) is 13.3. The largest absolute Gasteiger partial charge is 0.383 e. The lowest BCUT2D eigenvalue weighted by molar-refractivity contribution is -0.186. The Morgan fingerprint density at radius 1 is 1.28 bits per heavy atom. The number of hydrazine groups is 2. The highest BCUT2D eigenvalue weighted by Crippen LogP contribution is 2.37. The van der Waals surface area contributed by atoms with Crippen molar-refractivity contribution in [1.29, 1.82) is 5.26 Å². The van der Waals surface area contributed by atoms with Gasteiger partial charge >= 0.3 is 0 Å². The lowest BCUT2D eigenvalue weighted by Gasteiger charge is -2.38. The van der Waals surface area contributed by atoms with E-state index in [4.69, 9.17) is 27.9 Å². The molecule has 39 heavy (non-hydrogen) atoms. The van der Waals surface area contributed by atoms with Crippen molar-refractivity contribution in [2.75, 3.05) is 36.9 Å². The van der Waals surface area contributed by atoms with Gasteiger partial charge in [0.2, 0.25) is 0 Å². The number of aliphatic hydroxyl groups is 1. The Labute approximate surface area is 239 Å². The number of nitrogens with zero attached hydrogens (tertiary/aromatic N) is 3. The summed E-state index contributed by atoms with van der Waals surface area (Å²) in [6.07, 6.45) is 3.23. The minimum atomic E-state index is -1.60. The molecule has 5 N–H and O–H groups in total. The highest BCUT2D eigenvalue weighted by atomic mass is 35.5. The molecule has 5 rings (SSSR count). The molecular formula is C28H31Cl2N7O2. The SMILES string of the molecule is [2H][C@](Nc1cc(Cl)c2ncc(C#N)c(NCC(C)(C)C)c2c1)(C1=CN(CC2(O)COC2)NN1)c1ccccc1Cl. The first kappa shape index (κ1) is 26.0. The standard InChI is InChI=1S/C28H31Cl2N7O2/c1-27(2,3)13-33-24-17(10-31)11-32-25-20(24)8-18(9-22(25)30)34-26(19-6-4-5-7-21(19)29)23-12-37(36-35-23)14-28(38)15-39-16-28/h4-9,11-12,26,34-36,38H,13-16H2,1-3H3,(H,32,33)/t26-/m1/s1/i26D. The lowest BCUT2D eigenvalue weighted by atomic mass is 9.96. The lowest BCUT2D eigenvalue weighted by Crippen LogP contribution is -2.58. The van der Waals surface area contributed by atoms with Crippen LogP contribution in [0.3, 0.4) is 0 Å². The summed E-state index contributed by atoms with van der Waals surface area (Å²) in [5.41, 5.74) is 8.06. The molecule has 0 radical (unpaired) electrons. The smallest absolute Gasteiger partial charge is 0.130 e. The average Bonchev–Trinajstić information content (AvgIpc) is 3.35. The van der Waals surface area contributed by atoms with Crippen molar-refractivity contribution in [3.8, 4) is 6.07 Å². The summed E-state index contributed by atoms with van der Waals surface area (Å²) < 4.78 is 14.8. The van der Waals surface area contributed by atoms with Crippen LogP contribution in [0, 0.1) is 16.7 Å². The number of aromatic nitrogens is 1. The van der Waals surface area contributed by atoms with Crippen LogP contribution in [-0.2, 0) is 4.74 Å². The highest BCUT2D eigenvalue weighted by Gasteiger charge is 2.39. The van der Waals surface area contributed by atoms with Gasteiger partial charge in [0.1, 0.15) is 11.7 Å². The molecular weight excluding hydrogens is 537 g/mol. The Hall–Kier alpha value is -3.26. The Balaban J connectivity index is 1.58. The predicted octanol–water partition coefficient (Wildman–Crippen LogP) is 4.95. The molecule has 1 saturated heterocycles. The summed E-state index contributed by atoms with van der Waals surface area (Å²) in [5, 5.41) is 30.2. The maximum absolute atomic E-state index is 10.6. The second-order valence-electron chi connectivity index (χ2n) is 11.0. The molecule has 0 saturated carbocycles. The number of benzene rings is 2. The Kier molecular flexibility index (Phi) is 7.14. The fraction of sp³-hybridized carbons (Fsp3) is 0.357. The molecule has 0 spiro atoms. The fourth-order valence-corrected chi connectivity index (χ4v) is 4.86. The van der Waals surface area contributed by atoms with E-state index in [1.165, 1.54) is 6.20 Å². The van der Waals surface area contributed by atoms with Crippen LogP contribution in [-0.4, -0.2) is 47.0 Å². The zero-order valence-electron chi connectivity index (χ0n) is 22.9. The number of nitriles is 1. The molecule has 0 unspecified atom stereocenters. The van der Waals surface area contributed by atoms with Crippen LogP contribution in [0.15, 0.2) is 54.5 Å². The quantitative estimate of drug-likeness (QED) is 0.257. The van der Waals surface area contributed by atoms with E-state index in [-0.39, 0.29) is 25.2 Å². The summed E-state index contributed by atoms with van der Waals surface area (Å²) >= 11 is 13.3. The number of fused-ring (bicyclic) bond motifs is 1. The van der Waals surface area contributed by atoms with Crippen molar-refractivity contribution in [3.05, 3.63) is 75.7 Å². The van der Waals surface area contributed by atoms with Crippen LogP contribution < -0.4 is 21.6 Å². The molecule has 1 atom stereocenters. The van der Waals surface area contributed by atoms with E-state index >= 15 is 0 Å². The summed E-state index contributed by atoms with van der Waals surface area (Å²) in [7, 11) is 0. The van der Waals surface area contributed by atoms with Gasteiger partial charge in [-0.3, -0.25) is 9.99 Å². The van der Waals surface area contributed by atoms with E-state index in [2.05, 4.69) is 53.4 Å². The maximum atomic E-state index is 10.6. The van der Waals surface area contributed by atoms with Crippen LogP contribution in [0.1, 0.15) is 39.3 Å². The molecule has 2 aromatic carbocycles. The van der Waals surface area contributed by atoms with E-state index in [0.29, 0.717) is 55.7 Å². The minimum absolute atomic E-state index is 0.0411. The second kappa shape index (κ2) is 10.7. The van der Waals surface area contributed by atoms with Gasteiger partial charge in [-0.2, -0.15) is 5.26 Å². The molecule has 0 aliphatic carbocycles. The predicted molar refractivity (Wildman–Crippen MR) is 154 cm³/mol. The fourth-order valence-electron chi connectivity index (χ4n) is 4.36. The number of nitrogens with one attached hydrogen (secondary N) is 4.